The van der Waals surface area contributed by atoms with Crippen molar-refractivity contribution in [3.05, 3.63) is 0 Å². The van der Waals surface area contributed by atoms with E-state index in [4.69, 9.17) is 9.84 Å². The van der Waals surface area contributed by atoms with E-state index < -0.39 is 43.3 Å². The van der Waals surface area contributed by atoms with Crippen molar-refractivity contribution in [2.24, 2.45) is 0 Å². The summed E-state index contributed by atoms with van der Waals surface area (Å²) in [5.74, 6) is -0.695. The van der Waals surface area contributed by atoms with E-state index in [9.17, 15) is 20.1 Å². The van der Waals surface area contributed by atoms with Crippen LogP contribution in [0.3, 0.4) is 0 Å². The first kappa shape index (κ1) is 12.3. The number of ether oxygens (including phenoxy) is 2. The third kappa shape index (κ3) is 2.64. The summed E-state index contributed by atoms with van der Waals surface area (Å²) in [7, 11) is 0. The molecule has 1 fully saturated rings. The van der Waals surface area contributed by atoms with Crippen molar-refractivity contribution >= 4 is 5.97 Å². The fourth-order valence-electron chi connectivity index (χ4n) is 1.33. The molecular formula is C8H14O7. The van der Waals surface area contributed by atoms with Gasteiger partial charge in [-0.2, -0.15) is 0 Å². The molecule has 1 aliphatic rings. The van der Waals surface area contributed by atoms with Gasteiger partial charge in [-0.1, -0.05) is 0 Å². The SMILES string of the molecule is CC(=O)OC1O[C@@H](CO)[C@@H](O)[C@H](O)[C@H]1O. The molecule has 0 aromatic carbocycles. The topological polar surface area (TPSA) is 116 Å². The van der Waals surface area contributed by atoms with Gasteiger partial charge in [-0.25, -0.2) is 0 Å². The highest BCUT2D eigenvalue weighted by molar-refractivity contribution is 5.66. The van der Waals surface area contributed by atoms with E-state index in [1.165, 1.54) is 0 Å². The van der Waals surface area contributed by atoms with Crippen LogP contribution in [0.2, 0.25) is 0 Å². The highest BCUT2D eigenvalue weighted by atomic mass is 16.7. The quantitative estimate of drug-likeness (QED) is 0.377. The maximum absolute atomic E-state index is 10.6. The lowest BCUT2D eigenvalue weighted by atomic mass is 9.99. The second kappa shape index (κ2) is 4.86. The summed E-state index contributed by atoms with van der Waals surface area (Å²) in [5, 5.41) is 36.8. The molecular weight excluding hydrogens is 208 g/mol. The average Bonchev–Trinajstić information content (AvgIpc) is 2.18. The summed E-state index contributed by atoms with van der Waals surface area (Å²) in [6, 6.07) is 0. The molecule has 1 saturated heterocycles. The minimum absolute atomic E-state index is 0.553. The van der Waals surface area contributed by atoms with Crippen LogP contribution in [0.4, 0.5) is 0 Å². The Kier molecular flexibility index (Phi) is 4.00. The van der Waals surface area contributed by atoms with Gasteiger partial charge in [0.25, 0.3) is 0 Å². The van der Waals surface area contributed by atoms with E-state index in [1.807, 2.05) is 0 Å². The van der Waals surface area contributed by atoms with Gasteiger partial charge in [0.15, 0.2) is 0 Å². The lowest BCUT2D eigenvalue weighted by Gasteiger charge is -2.38. The van der Waals surface area contributed by atoms with Crippen LogP contribution in [0.15, 0.2) is 0 Å². The van der Waals surface area contributed by atoms with Crippen molar-refractivity contribution in [1.29, 1.82) is 0 Å². The van der Waals surface area contributed by atoms with Crippen LogP contribution in [0.25, 0.3) is 0 Å². The Bertz CT molecular complexity index is 229. The maximum atomic E-state index is 10.6. The first-order valence-electron chi connectivity index (χ1n) is 4.45. The molecule has 1 rings (SSSR count). The van der Waals surface area contributed by atoms with Crippen molar-refractivity contribution < 1.29 is 34.7 Å². The number of hydrogen-bond acceptors (Lipinski definition) is 7. The molecule has 0 aromatic heterocycles. The molecule has 5 atom stereocenters. The zero-order chi connectivity index (χ0) is 11.6. The summed E-state index contributed by atoms with van der Waals surface area (Å²) in [4.78, 5) is 10.6. The van der Waals surface area contributed by atoms with Crippen molar-refractivity contribution in [3.8, 4) is 0 Å². The smallest absolute Gasteiger partial charge is 0.305 e. The minimum atomic E-state index is -1.54. The fraction of sp³-hybridized carbons (Fsp3) is 0.875. The van der Waals surface area contributed by atoms with Gasteiger partial charge in [0.2, 0.25) is 6.29 Å². The standard InChI is InChI=1S/C8H14O7/c1-3(10)14-8-7(13)6(12)5(11)4(2-9)15-8/h4-9,11-13H,2H2,1H3/t4-,5+,6-,7+,8?/m0/s1. The molecule has 0 spiro atoms. The average molecular weight is 222 g/mol. The van der Waals surface area contributed by atoms with Gasteiger partial charge in [0.05, 0.1) is 6.61 Å². The maximum Gasteiger partial charge on any atom is 0.305 e. The molecule has 7 heteroatoms. The van der Waals surface area contributed by atoms with Crippen LogP contribution in [0.1, 0.15) is 6.92 Å². The first-order valence-corrected chi connectivity index (χ1v) is 4.45. The van der Waals surface area contributed by atoms with E-state index in [1.54, 1.807) is 0 Å². The fourth-order valence-corrected chi connectivity index (χ4v) is 1.33. The zero-order valence-electron chi connectivity index (χ0n) is 8.11. The Morgan fingerprint density at radius 2 is 1.87 bits per heavy atom. The zero-order valence-corrected chi connectivity index (χ0v) is 8.11. The largest absolute Gasteiger partial charge is 0.433 e. The van der Waals surface area contributed by atoms with Gasteiger partial charge in [0.1, 0.15) is 24.4 Å². The number of rotatable bonds is 2. The third-order valence-corrected chi connectivity index (χ3v) is 2.13. The van der Waals surface area contributed by atoms with Crippen molar-refractivity contribution in [2.45, 2.75) is 37.6 Å². The molecule has 1 aliphatic heterocycles. The van der Waals surface area contributed by atoms with Gasteiger partial charge >= 0.3 is 5.97 Å². The number of carbonyl (C=O) groups is 1. The number of hydrogen-bond donors (Lipinski definition) is 4. The predicted molar refractivity (Wildman–Crippen MR) is 45.5 cm³/mol. The molecule has 0 aliphatic carbocycles. The first-order chi connectivity index (χ1) is 6.97. The van der Waals surface area contributed by atoms with Crippen molar-refractivity contribution in [1.82, 2.24) is 0 Å². The Labute approximate surface area is 85.9 Å². The highest BCUT2D eigenvalue weighted by Crippen LogP contribution is 2.21. The van der Waals surface area contributed by atoms with E-state index >= 15 is 0 Å². The molecule has 88 valence electrons. The molecule has 1 unspecified atom stereocenters. The Morgan fingerprint density at radius 1 is 1.27 bits per heavy atom. The Hall–Kier alpha value is -0.730. The summed E-state index contributed by atoms with van der Waals surface area (Å²) in [5.41, 5.74) is 0. The van der Waals surface area contributed by atoms with Crippen LogP contribution < -0.4 is 0 Å². The second-order valence-electron chi connectivity index (χ2n) is 3.31. The molecule has 1 heterocycles. The summed E-state index contributed by atoms with van der Waals surface area (Å²) in [6.07, 6.45) is -6.95. The monoisotopic (exact) mass is 222 g/mol. The van der Waals surface area contributed by atoms with Gasteiger partial charge in [-0.3, -0.25) is 4.79 Å². The molecule has 4 N–H and O–H groups in total. The minimum Gasteiger partial charge on any atom is -0.433 e. The van der Waals surface area contributed by atoms with Gasteiger partial charge in [-0.05, 0) is 0 Å². The number of aliphatic hydroxyl groups is 4. The van der Waals surface area contributed by atoms with Crippen LogP contribution in [0.5, 0.6) is 0 Å². The van der Waals surface area contributed by atoms with E-state index in [0.29, 0.717) is 0 Å². The predicted octanol–water partition coefficient (Wildman–Crippen LogP) is -2.65. The molecule has 0 radical (unpaired) electrons. The van der Waals surface area contributed by atoms with E-state index in [0.717, 1.165) is 6.92 Å². The summed E-state index contributed by atoms with van der Waals surface area (Å²) >= 11 is 0. The number of aliphatic hydroxyl groups excluding tert-OH is 4. The molecule has 0 saturated carbocycles. The van der Waals surface area contributed by atoms with E-state index in [-0.39, 0.29) is 0 Å². The highest BCUT2D eigenvalue weighted by Gasteiger charge is 2.44. The van der Waals surface area contributed by atoms with Gasteiger partial charge < -0.3 is 29.9 Å². The lowest BCUT2D eigenvalue weighted by molar-refractivity contribution is -0.292. The van der Waals surface area contributed by atoms with Crippen LogP contribution >= 0.6 is 0 Å². The molecule has 0 amide bonds. The lowest BCUT2D eigenvalue weighted by Crippen LogP contribution is -2.59. The second-order valence-corrected chi connectivity index (χ2v) is 3.31. The van der Waals surface area contributed by atoms with Gasteiger partial charge in [-0.15, -0.1) is 0 Å². The normalized spacial score (nSPS) is 41.3. The number of carbonyl (C=O) groups excluding carboxylic acids is 1. The number of esters is 1. The molecule has 15 heavy (non-hydrogen) atoms. The molecule has 7 nitrogen and oxygen atoms in total. The summed E-state index contributed by atoms with van der Waals surface area (Å²) in [6.45, 7) is 0.560. The van der Waals surface area contributed by atoms with Crippen LogP contribution in [0, 0.1) is 0 Å². The van der Waals surface area contributed by atoms with E-state index in [2.05, 4.69) is 4.74 Å². The van der Waals surface area contributed by atoms with Crippen LogP contribution in [-0.2, 0) is 14.3 Å². The van der Waals surface area contributed by atoms with Crippen LogP contribution in [-0.4, -0.2) is 63.7 Å². The molecule has 0 aromatic rings. The van der Waals surface area contributed by atoms with Gasteiger partial charge in [0, 0.05) is 6.92 Å². The molecule has 0 bridgehead atoms. The van der Waals surface area contributed by atoms with Crippen molar-refractivity contribution in [3.63, 3.8) is 0 Å². The Balaban J connectivity index is 2.69. The third-order valence-electron chi connectivity index (χ3n) is 2.13. The Morgan fingerprint density at radius 3 is 2.33 bits per heavy atom. The van der Waals surface area contributed by atoms with Crippen molar-refractivity contribution in [2.75, 3.05) is 6.61 Å². The summed E-state index contributed by atoms with van der Waals surface area (Å²) < 4.78 is 9.45.